The van der Waals surface area contributed by atoms with Crippen LogP contribution in [0.4, 0.5) is 13.2 Å². The molecule has 0 unspecified atom stereocenters. The van der Waals surface area contributed by atoms with Crippen LogP contribution in [0.1, 0.15) is 16.2 Å². The van der Waals surface area contributed by atoms with Gasteiger partial charge in [0.2, 0.25) is 5.82 Å². The van der Waals surface area contributed by atoms with Gasteiger partial charge in [-0.25, -0.2) is 14.8 Å². The van der Waals surface area contributed by atoms with E-state index in [2.05, 4.69) is 9.97 Å². The SMILES string of the molecule is O=C(O)c1cccc(-c2ccnc(C(F)(F)F)n2)c1. The topological polar surface area (TPSA) is 63.1 Å². The predicted molar refractivity (Wildman–Crippen MR) is 59.4 cm³/mol. The van der Waals surface area contributed by atoms with E-state index in [1.165, 1.54) is 30.3 Å². The lowest BCUT2D eigenvalue weighted by molar-refractivity contribution is -0.144. The molecule has 0 bridgehead atoms. The summed E-state index contributed by atoms with van der Waals surface area (Å²) in [7, 11) is 0. The van der Waals surface area contributed by atoms with E-state index in [0.717, 1.165) is 6.20 Å². The molecular formula is C12H7F3N2O2. The van der Waals surface area contributed by atoms with Crippen LogP contribution in [-0.2, 0) is 6.18 Å². The van der Waals surface area contributed by atoms with Crippen molar-refractivity contribution >= 4 is 5.97 Å². The van der Waals surface area contributed by atoms with Gasteiger partial charge in [-0.2, -0.15) is 13.2 Å². The highest BCUT2D eigenvalue weighted by Gasteiger charge is 2.34. The van der Waals surface area contributed by atoms with Crippen LogP contribution in [0.3, 0.4) is 0 Å². The molecule has 1 aromatic heterocycles. The highest BCUT2D eigenvalue weighted by atomic mass is 19.4. The van der Waals surface area contributed by atoms with E-state index in [-0.39, 0.29) is 16.8 Å². The predicted octanol–water partition coefficient (Wildman–Crippen LogP) is 2.86. The Labute approximate surface area is 105 Å². The van der Waals surface area contributed by atoms with Crippen molar-refractivity contribution in [3.63, 3.8) is 0 Å². The first-order valence-corrected chi connectivity index (χ1v) is 5.12. The van der Waals surface area contributed by atoms with Gasteiger partial charge in [-0.1, -0.05) is 12.1 Å². The molecule has 0 amide bonds. The first-order chi connectivity index (χ1) is 8.88. The van der Waals surface area contributed by atoms with Crippen molar-refractivity contribution in [3.8, 4) is 11.3 Å². The van der Waals surface area contributed by atoms with Gasteiger partial charge < -0.3 is 5.11 Å². The van der Waals surface area contributed by atoms with Gasteiger partial charge in [-0.05, 0) is 18.2 Å². The quantitative estimate of drug-likeness (QED) is 0.909. The molecule has 4 nitrogen and oxygen atoms in total. The number of benzene rings is 1. The monoisotopic (exact) mass is 268 g/mol. The maximum atomic E-state index is 12.5. The maximum Gasteiger partial charge on any atom is 0.451 e. The van der Waals surface area contributed by atoms with Gasteiger partial charge in [0.05, 0.1) is 11.3 Å². The summed E-state index contributed by atoms with van der Waals surface area (Å²) in [6.45, 7) is 0. The standard InChI is InChI=1S/C12H7F3N2O2/c13-12(14,15)11-16-5-4-9(17-11)7-2-1-3-8(6-7)10(18)19/h1-6H,(H,18,19). The molecule has 7 heteroatoms. The number of hydrogen-bond acceptors (Lipinski definition) is 3. The minimum Gasteiger partial charge on any atom is -0.478 e. The fourth-order valence-electron chi connectivity index (χ4n) is 1.47. The largest absolute Gasteiger partial charge is 0.478 e. The Bertz CT molecular complexity index is 626. The molecule has 0 fully saturated rings. The molecule has 19 heavy (non-hydrogen) atoms. The molecule has 0 saturated carbocycles. The maximum absolute atomic E-state index is 12.5. The number of alkyl halides is 3. The van der Waals surface area contributed by atoms with Crippen LogP contribution in [0.15, 0.2) is 36.5 Å². The Balaban J connectivity index is 2.48. The summed E-state index contributed by atoms with van der Waals surface area (Å²) in [5, 5.41) is 8.83. The molecule has 0 spiro atoms. The van der Waals surface area contributed by atoms with Crippen LogP contribution in [0.5, 0.6) is 0 Å². The molecule has 98 valence electrons. The summed E-state index contributed by atoms with van der Waals surface area (Å²) in [6.07, 6.45) is -3.65. The lowest BCUT2D eigenvalue weighted by Gasteiger charge is -2.07. The van der Waals surface area contributed by atoms with Crippen LogP contribution >= 0.6 is 0 Å². The zero-order valence-corrected chi connectivity index (χ0v) is 9.35. The number of carboxylic acids is 1. The van der Waals surface area contributed by atoms with E-state index in [1.807, 2.05) is 0 Å². The first kappa shape index (κ1) is 13.0. The first-order valence-electron chi connectivity index (χ1n) is 5.12. The van der Waals surface area contributed by atoms with E-state index in [1.54, 1.807) is 0 Å². The van der Waals surface area contributed by atoms with E-state index < -0.39 is 18.0 Å². The highest BCUT2D eigenvalue weighted by molar-refractivity contribution is 5.89. The average Bonchev–Trinajstić information content (AvgIpc) is 2.38. The summed E-state index contributed by atoms with van der Waals surface area (Å²) in [6, 6.07) is 6.81. The molecule has 1 heterocycles. The molecule has 0 radical (unpaired) electrons. The van der Waals surface area contributed by atoms with Crippen LogP contribution in [0.25, 0.3) is 11.3 Å². The Hall–Kier alpha value is -2.44. The summed E-state index contributed by atoms with van der Waals surface area (Å²) < 4.78 is 37.4. The minimum absolute atomic E-state index is 0.0189. The third-order valence-electron chi connectivity index (χ3n) is 2.31. The number of nitrogens with zero attached hydrogens (tertiary/aromatic N) is 2. The Morgan fingerprint density at radius 1 is 1.21 bits per heavy atom. The molecule has 1 N–H and O–H groups in total. The minimum atomic E-state index is -4.64. The molecular weight excluding hydrogens is 261 g/mol. The van der Waals surface area contributed by atoms with Crippen molar-refractivity contribution in [1.29, 1.82) is 0 Å². The van der Waals surface area contributed by atoms with Gasteiger partial charge in [0.15, 0.2) is 0 Å². The van der Waals surface area contributed by atoms with Gasteiger partial charge in [0.25, 0.3) is 0 Å². The normalized spacial score (nSPS) is 11.3. The number of aromatic carboxylic acids is 1. The second kappa shape index (κ2) is 4.68. The van der Waals surface area contributed by atoms with Crippen molar-refractivity contribution in [2.24, 2.45) is 0 Å². The van der Waals surface area contributed by atoms with Crippen molar-refractivity contribution in [2.75, 3.05) is 0 Å². The van der Waals surface area contributed by atoms with E-state index in [9.17, 15) is 18.0 Å². The molecule has 0 aliphatic heterocycles. The second-order valence-electron chi connectivity index (χ2n) is 3.65. The molecule has 0 saturated heterocycles. The lowest BCUT2D eigenvalue weighted by Crippen LogP contribution is -2.11. The smallest absolute Gasteiger partial charge is 0.451 e. The van der Waals surface area contributed by atoms with Crippen molar-refractivity contribution in [3.05, 3.63) is 47.9 Å². The Morgan fingerprint density at radius 2 is 1.95 bits per heavy atom. The fourth-order valence-corrected chi connectivity index (χ4v) is 1.47. The summed E-state index contributed by atoms with van der Waals surface area (Å²) in [5.41, 5.74) is 0.280. The zero-order chi connectivity index (χ0) is 14.0. The molecule has 0 aliphatic carbocycles. The highest BCUT2D eigenvalue weighted by Crippen LogP contribution is 2.27. The number of carboxylic acid groups (broad SMARTS) is 1. The van der Waals surface area contributed by atoms with Gasteiger partial charge >= 0.3 is 12.1 Å². The number of aromatic nitrogens is 2. The summed E-state index contributed by atoms with van der Waals surface area (Å²) >= 11 is 0. The van der Waals surface area contributed by atoms with Crippen molar-refractivity contribution in [1.82, 2.24) is 9.97 Å². The zero-order valence-electron chi connectivity index (χ0n) is 9.35. The number of carbonyl (C=O) groups is 1. The summed E-state index contributed by atoms with van der Waals surface area (Å²) in [4.78, 5) is 17.3. The Morgan fingerprint density at radius 3 is 2.58 bits per heavy atom. The van der Waals surface area contributed by atoms with Crippen LogP contribution in [0.2, 0.25) is 0 Å². The van der Waals surface area contributed by atoms with Crippen LogP contribution in [0, 0.1) is 0 Å². The van der Waals surface area contributed by atoms with E-state index in [0.29, 0.717) is 0 Å². The fraction of sp³-hybridized carbons (Fsp3) is 0.0833. The molecule has 0 aliphatic rings. The number of rotatable bonds is 2. The van der Waals surface area contributed by atoms with Crippen LogP contribution < -0.4 is 0 Å². The van der Waals surface area contributed by atoms with Gasteiger partial charge in [0, 0.05) is 11.8 Å². The molecule has 1 aromatic carbocycles. The van der Waals surface area contributed by atoms with Gasteiger partial charge in [0.1, 0.15) is 0 Å². The van der Waals surface area contributed by atoms with E-state index >= 15 is 0 Å². The number of hydrogen-bond donors (Lipinski definition) is 1. The van der Waals surface area contributed by atoms with Crippen molar-refractivity contribution < 1.29 is 23.1 Å². The summed E-state index contributed by atoms with van der Waals surface area (Å²) in [5.74, 6) is -2.42. The third-order valence-corrected chi connectivity index (χ3v) is 2.31. The molecule has 2 rings (SSSR count). The average molecular weight is 268 g/mol. The lowest BCUT2D eigenvalue weighted by atomic mass is 10.1. The Kier molecular flexibility index (Phi) is 3.20. The van der Waals surface area contributed by atoms with Crippen molar-refractivity contribution in [2.45, 2.75) is 6.18 Å². The third kappa shape index (κ3) is 2.87. The molecule has 2 aromatic rings. The van der Waals surface area contributed by atoms with Crippen LogP contribution in [-0.4, -0.2) is 21.0 Å². The number of halogens is 3. The second-order valence-corrected chi connectivity index (χ2v) is 3.65. The van der Waals surface area contributed by atoms with Gasteiger partial charge in [-0.3, -0.25) is 0 Å². The van der Waals surface area contributed by atoms with Gasteiger partial charge in [-0.15, -0.1) is 0 Å². The molecule has 0 atom stereocenters. The van der Waals surface area contributed by atoms with E-state index in [4.69, 9.17) is 5.11 Å².